The molecule has 36 heavy (non-hydrogen) atoms. The quantitative estimate of drug-likeness (QED) is 0.241. The third kappa shape index (κ3) is 4.61. The molecule has 1 atom stereocenters. The molecule has 1 aliphatic rings. The summed E-state index contributed by atoms with van der Waals surface area (Å²) in [6.07, 6.45) is 5.07. The summed E-state index contributed by atoms with van der Waals surface area (Å²) < 4.78 is 2.27. The maximum Gasteiger partial charge on any atom is 0.134 e. The number of rotatable bonds is 4. The lowest BCUT2D eigenvalue weighted by molar-refractivity contribution is 0.218. The third-order valence-corrected chi connectivity index (χ3v) is 9.27. The van der Waals surface area contributed by atoms with Gasteiger partial charge >= 0.3 is 0 Å². The second-order valence-corrected chi connectivity index (χ2v) is 12.6. The molecule has 0 fully saturated rings. The van der Waals surface area contributed by atoms with Crippen LogP contribution in [0.2, 0.25) is 10.0 Å². The Labute approximate surface area is 227 Å². The van der Waals surface area contributed by atoms with Crippen LogP contribution < -0.4 is 0 Å². The van der Waals surface area contributed by atoms with Gasteiger partial charge in [0.1, 0.15) is 11.1 Å². The van der Waals surface area contributed by atoms with Crippen molar-refractivity contribution in [3.05, 3.63) is 85.3 Å². The first-order valence-electron chi connectivity index (χ1n) is 12.3. The van der Waals surface area contributed by atoms with Crippen molar-refractivity contribution in [3.8, 4) is 6.07 Å². The van der Waals surface area contributed by atoms with E-state index in [4.69, 9.17) is 28.2 Å². The summed E-state index contributed by atoms with van der Waals surface area (Å²) in [5.41, 5.74) is 6.56. The molecule has 0 saturated heterocycles. The predicted octanol–water partition coefficient (Wildman–Crippen LogP) is 9.14. The highest BCUT2D eigenvalue weighted by Gasteiger charge is 2.32. The largest absolute Gasteiger partial charge is 0.340 e. The van der Waals surface area contributed by atoms with Crippen LogP contribution in [0.3, 0.4) is 0 Å². The Bertz CT molecular complexity index is 1530. The standard InChI is InChI=1S/C30H29Cl2N3S/c1-18-25(16-34-29-24(15-33)23-12-10-20(30(2,3)4)13-28(23)36-29)22-7-5-6-8-27(22)35(18)17-19-9-11-21(31)14-26(19)32/h5-9,11,14,16,20H,10,12-13,17H2,1-4H3/t20-/m0/s1. The Kier molecular flexibility index (Phi) is 6.76. The van der Waals surface area contributed by atoms with E-state index >= 15 is 0 Å². The molecule has 2 aromatic heterocycles. The Balaban J connectivity index is 1.53. The highest BCUT2D eigenvalue weighted by atomic mass is 35.5. The first kappa shape index (κ1) is 25.1. The Morgan fingerprint density at radius 2 is 1.97 bits per heavy atom. The fourth-order valence-electron chi connectivity index (χ4n) is 5.28. The lowest BCUT2D eigenvalue weighted by atomic mass is 9.72. The lowest BCUT2D eigenvalue weighted by Gasteiger charge is -2.33. The molecule has 4 aromatic rings. The van der Waals surface area contributed by atoms with E-state index in [-0.39, 0.29) is 5.41 Å². The van der Waals surface area contributed by atoms with E-state index < -0.39 is 0 Å². The summed E-state index contributed by atoms with van der Waals surface area (Å²) in [6, 6.07) is 16.5. The Morgan fingerprint density at radius 3 is 2.69 bits per heavy atom. The minimum atomic E-state index is 0.268. The molecule has 0 spiro atoms. The predicted molar refractivity (Wildman–Crippen MR) is 153 cm³/mol. The first-order valence-corrected chi connectivity index (χ1v) is 13.8. The molecule has 2 heterocycles. The molecule has 0 amide bonds. The molecular weight excluding hydrogens is 505 g/mol. The fourth-order valence-corrected chi connectivity index (χ4v) is 6.97. The van der Waals surface area contributed by atoms with Crippen LogP contribution in [0.5, 0.6) is 0 Å². The zero-order valence-electron chi connectivity index (χ0n) is 21.0. The second kappa shape index (κ2) is 9.71. The van der Waals surface area contributed by atoms with Gasteiger partial charge in [0.15, 0.2) is 0 Å². The van der Waals surface area contributed by atoms with Gasteiger partial charge in [-0.05, 0) is 66.8 Å². The number of fused-ring (bicyclic) bond motifs is 2. The molecule has 2 aromatic carbocycles. The zero-order valence-corrected chi connectivity index (χ0v) is 23.4. The van der Waals surface area contributed by atoms with Crippen molar-refractivity contribution in [2.45, 2.75) is 53.5 Å². The first-order chi connectivity index (χ1) is 17.2. The molecule has 184 valence electrons. The van der Waals surface area contributed by atoms with Gasteiger partial charge in [0.2, 0.25) is 0 Å². The third-order valence-electron chi connectivity index (χ3n) is 7.52. The SMILES string of the molecule is Cc1c(C=Nc2sc3c(c2C#N)CC[C@H](C(C)(C)C)C3)c2ccccc2n1Cc1ccc(Cl)cc1Cl. The molecular formula is C30H29Cl2N3S. The number of hydrogen-bond acceptors (Lipinski definition) is 3. The number of nitrogens with zero attached hydrogens (tertiary/aromatic N) is 3. The molecule has 1 aliphatic carbocycles. The van der Waals surface area contributed by atoms with E-state index in [2.05, 4.69) is 62.6 Å². The smallest absolute Gasteiger partial charge is 0.134 e. The lowest BCUT2D eigenvalue weighted by Crippen LogP contribution is -2.26. The van der Waals surface area contributed by atoms with Crippen molar-refractivity contribution in [1.29, 1.82) is 5.26 Å². The van der Waals surface area contributed by atoms with Crippen molar-refractivity contribution in [3.63, 3.8) is 0 Å². The Morgan fingerprint density at radius 1 is 1.19 bits per heavy atom. The number of aromatic nitrogens is 1. The highest BCUT2D eigenvalue weighted by Crippen LogP contribution is 2.45. The molecule has 5 rings (SSSR count). The van der Waals surface area contributed by atoms with Gasteiger partial charge in [-0.1, -0.05) is 68.2 Å². The number of benzene rings is 2. The minimum absolute atomic E-state index is 0.268. The van der Waals surface area contributed by atoms with Gasteiger partial charge in [0.25, 0.3) is 0 Å². The molecule has 0 radical (unpaired) electrons. The fraction of sp³-hybridized carbons (Fsp3) is 0.333. The average molecular weight is 535 g/mol. The number of hydrogen-bond donors (Lipinski definition) is 0. The molecule has 0 aliphatic heterocycles. The van der Waals surface area contributed by atoms with E-state index in [1.54, 1.807) is 17.4 Å². The van der Waals surface area contributed by atoms with Gasteiger partial charge in [-0.25, -0.2) is 4.99 Å². The normalized spacial score (nSPS) is 16.0. The van der Waals surface area contributed by atoms with Gasteiger partial charge in [-0.3, -0.25) is 0 Å². The molecule has 3 nitrogen and oxygen atoms in total. The molecule has 0 N–H and O–H groups in total. The van der Waals surface area contributed by atoms with Crippen LogP contribution in [0.15, 0.2) is 47.5 Å². The van der Waals surface area contributed by atoms with E-state index in [0.717, 1.165) is 57.6 Å². The van der Waals surface area contributed by atoms with Crippen LogP contribution in [0.4, 0.5) is 5.00 Å². The minimum Gasteiger partial charge on any atom is -0.340 e. The number of aliphatic imine (C=N–C) groups is 1. The summed E-state index contributed by atoms with van der Waals surface area (Å²) in [6.45, 7) is 9.70. The van der Waals surface area contributed by atoms with Crippen LogP contribution in [0, 0.1) is 29.6 Å². The van der Waals surface area contributed by atoms with E-state index in [1.165, 1.54) is 10.4 Å². The number of nitriles is 1. The summed E-state index contributed by atoms with van der Waals surface area (Å²) >= 11 is 14.3. The van der Waals surface area contributed by atoms with Crippen molar-refractivity contribution in [2.24, 2.45) is 16.3 Å². The van der Waals surface area contributed by atoms with Crippen molar-refractivity contribution in [2.75, 3.05) is 0 Å². The van der Waals surface area contributed by atoms with Gasteiger partial charge < -0.3 is 4.57 Å². The maximum absolute atomic E-state index is 9.98. The van der Waals surface area contributed by atoms with Crippen LogP contribution in [-0.2, 0) is 19.4 Å². The van der Waals surface area contributed by atoms with Gasteiger partial charge in [0, 0.05) is 49.8 Å². The van der Waals surface area contributed by atoms with Crippen LogP contribution in [-0.4, -0.2) is 10.8 Å². The van der Waals surface area contributed by atoms with E-state index in [0.29, 0.717) is 22.5 Å². The summed E-state index contributed by atoms with van der Waals surface area (Å²) in [7, 11) is 0. The number of para-hydroxylation sites is 1. The summed E-state index contributed by atoms with van der Waals surface area (Å²) in [4.78, 5) is 6.25. The molecule has 6 heteroatoms. The average Bonchev–Trinajstić information content (AvgIpc) is 3.32. The van der Waals surface area contributed by atoms with Crippen LogP contribution >= 0.6 is 34.5 Å². The van der Waals surface area contributed by atoms with Crippen molar-refractivity contribution < 1.29 is 0 Å². The van der Waals surface area contributed by atoms with Gasteiger partial charge in [-0.15, -0.1) is 11.3 Å². The van der Waals surface area contributed by atoms with Crippen molar-refractivity contribution in [1.82, 2.24) is 4.57 Å². The van der Waals surface area contributed by atoms with Crippen LogP contribution in [0.25, 0.3) is 10.9 Å². The molecule has 0 unspecified atom stereocenters. The van der Waals surface area contributed by atoms with Crippen LogP contribution in [0.1, 0.15) is 60.0 Å². The zero-order chi connectivity index (χ0) is 25.6. The van der Waals surface area contributed by atoms with E-state index in [1.807, 2.05) is 18.3 Å². The molecule has 0 saturated carbocycles. The second-order valence-electron chi connectivity index (χ2n) is 10.7. The number of halogens is 2. The summed E-state index contributed by atoms with van der Waals surface area (Å²) in [5, 5.41) is 13.2. The monoisotopic (exact) mass is 533 g/mol. The highest BCUT2D eigenvalue weighted by molar-refractivity contribution is 7.16. The van der Waals surface area contributed by atoms with Gasteiger partial charge in [-0.2, -0.15) is 5.26 Å². The molecule has 0 bridgehead atoms. The summed E-state index contributed by atoms with van der Waals surface area (Å²) in [5.74, 6) is 0.631. The topological polar surface area (TPSA) is 41.1 Å². The van der Waals surface area contributed by atoms with E-state index in [9.17, 15) is 5.26 Å². The van der Waals surface area contributed by atoms with Crippen molar-refractivity contribution >= 4 is 56.7 Å². The maximum atomic E-state index is 9.98. The number of thiophene rings is 1. The van der Waals surface area contributed by atoms with Gasteiger partial charge in [0.05, 0.1) is 5.56 Å². The Hall–Kier alpha value is -2.58.